The minimum atomic E-state index is -0.475. The molecule has 0 aliphatic rings. The van der Waals surface area contributed by atoms with Crippen LogP contribution in [0.1, 0.15) is 24.3 Å². The van der Waals surface area contributed by atoms with E-state index in [1.165, 1.54) is 23.1 Å². The molecule has 1 aromatic carbocycles. The van der Waals surface area contributed by atoms with Crippen molar-refractivity contribution < 1.29 is 14.1 Å². The molecule has 26 heavy (non-hydrogen) atoms. The van der Waals surface area contributed by atoms with E-state index in [4.69, 9.17) is 4.42 Å². The summed E-state index contributed by atoms with van der Waals surface area (Å²) in [6, 6.07) is 11.0. The summed E-state index contributed by atoms with van der Waals surface area (Å²) in [4.78, 5) is 23.0. The number of carbonyl (C=O) groups is 1. The van der Waals surface area contributed by atoms with Gasteiger partial charge in [0.2, 0.25) is 0 Å². The molecule has 0 bridgehead atoms. The number of furan rings is 1. The third-order valence-electron chi connectivity index (χ3n) is 3.69. The summed E-state index contributed by atoms with van der Waals surface area (Å²) >= 11 is 0. The molecular weight excluding hydrogens is 336 g/mol. The van der Waals surface area contributed by atoms with Crippen LogP contribution in [0, 0.1) is 16.0 Å². The van der Waals surface area contributed by atoms with E-state index >= 15 is 0 Å². The highest BCUT2D eigenvalue weighted by molar-refractivity contribution is 5.94. The van der Waals surface area contributed by atoms with Crippen molar-refractivity contribution in [2.75, 3.05) is 6.54 Å². The Hall–Kier alpha value is -3.42. The van der Waals surface area contributed by atoms with E-state index in [2.05, 4.69) is 10.4 Å². The monoisotopic (exact) mass is 354 g/mol. The van der Waals surface area contributed by atoms with Gasteiger partial charge in [-0.05, 0) is 30.2 Å². The molecule has 1 amide bonds. The number of carbonyl (C=O) groups excluding carboxylic acids is 1. The molecule has 0 aliphatic carbocycles. The van der Waals surface area contributed by atoms with Crippen molar-refractivity contribution in [2.45, 2.75) is 13.8 Å². The highest BCUT2D eigenvalue weighted by atomic mass is 16.6. The van der Waals surface area contributed by atoms with Crippen LogP contribution < -0.4 is 5.32 Å². The Morgan fingerprint density at radius 1 is 1.31 bits per heavy atom. The predicted molar refractivity (Wildman–Crippen MR) is 95.1 cm³/mol. The number of nitro benzene ring substituents is 1. The van der Waals surface area contributed by atoms with Gasteiger partial charge in [0.05, 0.1) is 16.9 Å². The van der Waals surface area contributed by atoms with Gasteiger partial charge in [0.25, 0.3) is 11.6 Å². The molecule has 2 heterocycles. The fraction of sp³-hybridized carbons (Fsp3) is 0.222. The Bertz CT molecular complexity index is 911. The maximum absolute atomic E-state index is 12.6. The number of hydrogen-bond donors (Lipinski definition) is 1. The van der Waals surface area contributed by atoms with Crippen molar-refractivity contribution in [3.05, 3.63) is 64.5 Å². The van der Waals surface area contributed by atoms with Gasteiger partial charge >= 0.3 is 0 Å². The van der Waals surface area contributed by atoms with E-state index in [-0.39, 0.29) is 11.6 Å². The molecule has 0 saturated heterocycles. The molecule has 0 atom stereocenters. The fourth-order valence-corrected chi connectivity index (χ4v) is 2.39. The second kappa shape index (κ2) is 7.22. The summed E-state index contributed by atoms with van der Waals surface area (Å²) in [5.41, 5.74) is 1.34. The van der Waals surface area contributed by atoms with Crippen molar-refractivity contribution in [1.82, 2.24) is 15.1 Å². The fourth-order valence-electron chi connectivity index (χ4n) is 2.39. The molecule has 8 heteroatoms. The Morgan fingerprint density at radius 2 is 2.04 bits per heavy atom. The first-order valence-corrected chi connectivity index (χ1v) is 8.12. The minimum absolute atomic E-state index is 0.0297. The third kappa shape index (κ3) is 3.64. The van der Waals surface area contributed by atoms with Gasteiger partial charge in [-0.15, -0.1) is 0 Å². The minimum Gasteiger partial charge on any atom is -0.463 e. The molecule has 0 unspecified atom stereocenters. The van der Waals surface area contributed by atoms with Crippen LogP contribution in [-0.2, 0) is 0 Å². The van der Waals surface area contributed by atoms with Crippen LogP contribution in [0.3, 0.4) is 0 Å². The van der Waals surface area contributed by atoms with E-state index in [9.17, 15) is 14.9 Å². The second-order valence-corrected chi connectivity index (χ2v) is 6.18. The van der Waals surface area contributed by atoms with Crippen LogP contribution in [-0.4, -0.2) is 27.2 Å². The first kappa shape index (κ1) is 17.4. The van der Waals surface area contributed by atoms with Gasteiger partial charge in [0.1, 0.15) is 11.4 Å². The zero-order chi connectivity index (χ0) is 18.7. The summed E-state index contributed by atoms with van der Waals surface area (Å²) in [6.07, 6.45) is 1.53. The molecule has 0 spiro atoms. The number of aromatic nitrogens is 2. The quantitative estimate of drug-likeness (QED) is 0.539. The largest absolute Gasteiger partial charge is 0.463 e. The summed E-state index contributed by atoms with van der Waals surface area (Å²) in [7, 11) is 0. The molecule has 134 valence electrons. The Labute approximate surface area is 149 Å². The van der Waals surface area contributed by atoms with Crippen LogP contribution >= 0.6 is 0 Å². The topological polar surface area (TPSA) is 103 Å². The molecular formula is C18H18N4O4. The Kier molecular flexibility index (Phi) is 4.83. The zero-order valence-corrected chi connectivity index (χ0v) is 14.4. The van der Waals surface area contributed by atoms with Gasteiger partial charge in [-0.2, -0.15) is 5.10 Å². The van der Waals surface area contributed by atoms with Crippen LogP contribution in [0.15, 0.2) is 53.1 Å². The maximum atomic E-state index is 12.6. The number of rotatable bonds is 6. The van der Waals surface area contributed by atoms with Crippen LogP contribution in [0.2, 0.25) is 0 Å². The number of nitro groups is 1. The molecule has 8 nitrogen and oxygen atoms in total. The average Bonchev–Trinajstić information content (AvgIpc) is 3.29. The standard InChI is InChI=1S/C18H18N4O4/c1-12(2)11-19-18(23)16-10-15(17-4-3-9-26-17)20-21(16)13-5-7-14(8-6-13)22(24)25/h3-10,12H,11H2,1-2H3,(H,19,23). The number of benzene rings is 1. The van der Waals surface area contributed by atoms with Crippen molar-refractivity contribution in [3.63, 3.8) is 0 Å². The molecule has 0 fully saturated rings. The van der Waals surface area contributed by atoms with Gasteiger partial charge in [-0.3, -0.25) is 14.9 Å². The number of non-ortho nitro benzene ring substituents is 1. The Balaban J connectivity index is 2.01. The zero-order valence-electron chi connectivity index (χ0n) is 14.4. The van der Waals surface area contributed by atoms with Crippen LogP contribution in [0.4, 0.5) is 5.69 Å². The summed E-state index contributed by atoms with van der Waals surface area (Å²) in [5, 5.41) is 18.1. The normalized spacial score (nSPS) is 10.9. The highest BCUT2D eigenvalue weighted by Crippen LogP contribution is 2.23. The lowest BCUT2D eigenvalue weighted by atomic mass is 10.2. The van der Waals surface area contributed by atoms with Crippen molar-refractivity contribution in [3.8, 4) is 17.1 Å². The molecule has 3 rings (SSSR count). The lowest BCUT2D eigenvalue weighted by Crippen LogP contribution is -2.29. The number of nitrogens with one attached hydrogen (secondary N) is 1. The van der Waals surface area contributed by atoms with Crippen molar-refractivity contribution in [1.29, 1.82) is 0 Å². The molecule has 2 aromatic heterocycles. The van der Waals surface area contributed by atoms with E-state index < -0.39 is 4.92 Å². The van der Waals surface area contributed by atoms with Crippen LogP contribution in [0.25, 0.3) is 17.1 Å². The lowest BCUT2D eigenvalue weighted by Gasteiger charge is -2.09. The second-order valence-electron chi connectivity index (χ2n) is 6.18. The maximum Gasteiger partial charge on any atom is 0.270 e. The third-order valence-corrected chi connectivity index (χ3v) is 3.69. The van der Waals surface area contributed by atoms with E-state index in [1.54, 1.807) is 30.3 Å². The summed E-state index contributed by atoms with van der Waals surface area (Å²) in [6.45, 7) is 4.53. The van der Waals surface area contributed by atoms with Crippen molar-refractivity contribution in [2.24, 2.45) is 5.92 Å². The lowest BCUT2D eigenvalue weighted by molar-refractivity contribution is -0.384. The van der Waals surface area contributed by atoms with E-state index in [0.717, 1.165) is 0 Å². The Morgan fingerprint density at radius 3 is 2.62 bits per heavy atom. The van der Waals surface area contributed by atoms with Crippen LogP contribution in [0.5, 0.6) is 0 Å². The molecule has 3 aromatic rings. The number of amides is 1. The molecule has 0 radical (unpaired) electrons. The molecule has 0 saturated carbocycles. The van der Waals surface area contributed by atoms with Crippen molar-refractivity contribution >= 4 is 11.6 Å². The first-order chi connectivity index (χ1) is 12.5. The van der Waals surface area contributed by atoms with Gasteiger partial charge < -0.3 is 9.73 Å². The van der Waals surface area contributed by atoms with Gasteiger partial charge in [-0.25, -0.2) is 4.68 Å². The first-order valence-electron chi connectivity index (χ1n) is 8.12. The summed E-state index contributed by atoms with van der Waals surface area (Å²) in [5.74, 6) is 0.560. The van der Waals surface area contributed by atoms with Gasteiger partial charge in [-0.1, -0.05) is 13.8 Å². The van der Waals surface area contributed by atoms with E-state index in [1.807, 2.05) is 13.8 Å². The van der Waals surface area contributed by atoms with Gasteiger partial charge in [0, 0.05) is 24.7 Å². The summed E-state index contributed by atoms with van der Waals surface area (Å²) < 4.78 is 6.81. The number of hydrogen-bond acceptors (Lipinski definition) is 5. The van der Waals surface area contributed by atoms with Gasteiger partial charge in [0.15, 0.2) is 5.76 Å². The smallest absolute Gasteiger partial charge is 0.270 e. The number of nitrogens with zero attached hydrogens (tertiary/aromatic N) is 3. The predicted octanol–water partition coefficient (Wildman–Crippen LogP) is 3.43. The average molecular weight is 354 g/mol. The van der Waals surface area contributed by atoms with E-state index in [0.29, 0.717) is 35.3 Å². The molecule has 0 aliphatic heterocycles. The highest BCUT2D eigenvalue weighted by Gasteiger charge is 2.19. The SMILES string of the molecule is CC(C)CNC(=O)c1cc(-c2ccco2)nn1-c1ccc([N+](=O)[O-])cc1. The molecule has 1 N–H and O–H groups in total.